The van der Waals surface area contributed by atoms with Gasteiger partial charge in [0, 0.05) is 81.6 Å². The molecule has 3 saturated heterocycles. The average Bonchev–Trinajstić information content (AvgIpc) is 3.01. The van der Waals surface area contributed by atoms with Gasteiger partial charge in [0.25, 0.3) is 5.91 Å². The van der Waals surface area contributed by atoms with Crippen LogP contribution in [0, 0.1) is 0 Å². The van der Waals surface area contributed by atoms with Gasteiger partial charge in [-0.1, -0.05) is 5.21 Å². The zero-order valence-electron chi connectivity index (χ0n) is 30.9. The van der Waals surface area contributed by atoms with Gasteiger partial charge in [0.05, 0.1) is 34.9 Å². The molecule has 1 aromatic heterocycles. The second kappa shape index (κ2) is 14.7. The first kappa shape index (κ1) is 36.6. The third-order valence-corrected chi connectivity index (χ3v) is 10.7. The number of nitrogens with two attached hydrogens (primary N) is 1. The second-order valence-corrected chi connectivity index (χ2v) is 16.5. The van der Waals surface area contributed by atoms with Gasteiger partial charge in [0.1, 0.15) is 50.8 Å². The fourth-order valence-electron chi connectivity index (χ4n) is 6.68. The van der Waals surface area contributed by atoms with E-state index in [0.29, 0.717) is 30.9 Å². The average molecular weight is 647 g/mol. The maximum Gasteiger partial charge on any atom is 0.271 e. The van der Waals surface area contributed by atoms with E-state index in [0.717, 1.165) is 87.8 Å². The van der Waals surface area contributed by atoms with E-state index in [4.69, 9.17) is 25.2 Å². The van der Waals surface area contributed by atoms with Crippen LogP contribution in [0.25, 0.3) is 0 Å². The molecule has 0 radical (unpaired) electrons. The largest absolute Gasteiger partial charge is 0.511 e. The van der Waals surface area contributed by atoms with E-state index in [9.17, 15) is 4.79 Å². The van der Waals surface area contributed by atoms with E-state index in [1.807, 2.05) is 12.1 Å². The number of piperazine rings is 1. The molecule has 0 atom stereocenters. The van der Waals surface area contributed by atoms with Crippen LogP contribution >= 0.6 is 0 Å². The van der Waals surface area contributed by atoms with Crippen molar-refractivity contribution in [3.05, 3.63) is 29.6 Å². The number of carbonyl (C=O) groups excluding carboxylic acids is 1. The monoisotopic (exact) mass is 648 g/mol. The Morgan fingerprint density at radius 1 is 0.917 bits per heavy atom. The van der Waals surface area contributed by atoms with Gasteiger partial charge >= 0.3 is 0 Å². The number of hydrogen-bond donors (Lipinski definition) is 3. The number of nitrogens with one attached hydrogen (secondary N) is 2. The Morgan fingerprint density at radius 3 is 2.15 bits per heavy atom. The van der Waals surface area contributed by atoms with Crippen LogP contribution < -0.4 is 26.0 Å². The zero-order chi connectivity index (χ0) is 34.9. The van der Waals surface area contributed by atoms with Crippen LogP contribution in [0.1, 0.15) is 41.9 Å². The number of ether oxygens (including phenoxy) is 2. The van der Waals surface area contributed by atoms with E-state index in [1.165, 1.54) is 0 Å². The highest BCUT2D eigenvalue weighted by Crippen LogP contribution is 2.40. The number of hydrogen-bond acceptors (Lipinski definition) is 10. The molecule has 4 heterocycles. The molecule has 1 aromatic carbocycles. The normalized spacial score (nSPS) is 19.6. The molecule has 19 heteroatoms. The van der Waals surface area contributed by atoms with Gasteiger partial charge in [-0.05, 0) is 44.9 Å². The third kappa shape index (κ3) is 8.74. The fraction of sp³-hybridized carbons (Fsp3) is 0.621. The number of aromatic nitrogens is 2. The first-order valence-electron chi connectivity index (χ1n) is 17.9. The molecule has 250 valence electrons. The molecule has 0 spiro atoms. The molecule has 1 amide bonds. The molecule has 0 aliphatic carbocycles. The number of piperidine rings is 1. The van der Waals surface area contributed by atoms with Gasteiger partial charge in [-0.15, -0.1) is 5.11 Å². The van der Waals surface area contributed by atoms with Gasteiger partial charge in [-0.3, -0.25) is 9.69 Å². The van der Waals surface area contributed by atoms with Crippen LogP contribution in [-0.4, -0.2) is 165 Å². The standard InChI is InChI=1S/C29H52B8N8O3/c1-43-10-12-44(13-11-43)19-4-8-45(9-5-19)20-3-2-18(16-21(20)48-29(35,36)37)40-25-22(24(38)46)41-23(27(30,31)28(32,33)34)26(42-25)39-17-6-14-47-15-7-17/h2-3,16-17,19H,4-15,30-37H2,1H3,(H2,38,46)(H2,39,40,42). The fourth-order valence-corrected chi connectivity index (χ4v) is 6.68. The summed E-state index contributed by atoms with van der Waals surface area (Å²) in [5, 5.41) is 6.10. The van der Waals surface area contributed by atoms with Crippen molar-refractivity contribution in [2.75, 3.05) is 75.1 Å². The highest BCUT2D eigenvalue weighted by atomic mass is 16.5. The summed E-state index contributed by atoms with van der Waals surface area (Å²) in [6.07, 6.45) is 4.02. The smallest absolute Gasteiger partial charge is 0.271 e. The van der Waals surface area contributed by atoms with Crippen molar-refractivity contribution >= 4 is 91.7 Å². The molecule has 2 aromatic rings. The van der Waals surface area contributed by atoms with Crippen LogP contribution in [0.5, 0.6) is 5.75 Å². The molecule has 0 unspecified atom stereocenters. The molecule has 11 nitrogen and oxygen atoms in total. The molecule has 0 bridgehead atoms. The van der Waals surface area contributed by atoms with Crippen LogP contribution in [0.15, 0.2) is 18.2 Å². The molecular formula is C29H52B8N8O3. The highest BCUT2D eigenvalue weighted by molar-refractivity contribution is 6.67. The predicted octanol–water partition coefficient (Wildman–Crippen LogP) is -5.59. The highest BCUT2D eigenvalue weighted by Gasteiger charge is 2.39. The minimum Gasteiger partial charge on any atom is -0.511 e. The van der Waals surface area contributed by atoms with Gasteiger partial charge in [0.15, 0.2) is 11.5 Å². The van der Waals surface area contributed by atoms with Crippen LogP contribution in [-0.2, 0) is 9.95 Å². The van der Waals surface area contributed by atoms with Crippen molar-refractivity contribution in [2.45, 2.75) is 53.4 Å². The molecule has 0 saturated carbocycles. The van der Waals surface area contributed by atoms with Gasteiger partial charge < -0.3 is 35.6 Å². The molecule has 4 N–H and O–H groups in total. The Hall–Kier alpha value is -2.63. The maximum atomic E-state index is 12.9. The summed E-state index contributed by atoms with van der Waals surface area (Å²) in [4.78, 5) is 30.5. The van der Waals surface area contributed by atoms with Gasteiger partial charge in [-0.25, -0.2) is 9.97 Å². The maximum absolute atomic E-state index is 12.9. The number of anilines is 4. The molecule has 3 fully saturated rings. The van der Waals surface area contributed by atoms with Gasteiger partial charge in [-0.2, -0.15) is 0 Å². The number of carbonyl (C=O) groups is 1. The zero-order valence-corrected chi connectivity index (χ0v) is 30.9. The molecule has 48 heavy (non-hydrogen) atoms. The number of likely N-dealkylation sites (N-methyl/N-ethyl adjacent to an activating group) is 1. The summed E-state index contributed by atoms with van der Waals surface area (Å²) in [5.41, 5.74) is 8.66. The number of nitrogens with zero attached hydrogens (tertiary/aromatic N) is 5. The van der Waals surface area contributed by atoms with Crippen LogP contribution in [0.4, 0.5) is 23.0 Å². The topological polar surface area (TPSA) is 121 Å². The Bertz CT molecular complexity index is 1440. The van der Waals surface area contributed by atoms with Crippen molar-refractivity contribution in [3.8, 4) is 5.75 Å². The van der Waals surface area contributed by atoms with E-state index in [1.54, 1.807) is 0 Å². The summed E-state index contributed by atoms with van der Waals surface area (Å²) in [6, 6.07) is 6.99. The first-order valence-corrected chi connectivity index (χ1v) is 17.9. The Morgan fingerprint density at radius 2 is 1.56 bits per heavy atom. The third-order valence-electron chi connectivity index (χ3n) is 10.7. The first-order chi connectivity index (χ1) is 22.5. The minimum absolute atomic E-state index is 0.119. The number of rotatable bonds is 11. The number of benzene rings is 1. The number of primary amides is 1. The lowest BCUT2D eigenvalue weighted by Gasteiger charge is -2.43. The molecule has 3 aliphatic rings. The lowest BCUT2D eigenvalue weighted by Crippen LogP contribution is -2.52. The summed E-state index contributed by atoms with van der Waals surface area (Å²) >= 11 is 0. The lowest BCUT2D eigenvalue weighted by molar-refractivity contribution is 0.0903. The Kier molecular flexibility index (Phi) is 11.2. The van der Waals surface area contributed by atoms with Gasteiger partial charge in [0.2, 0.25) is 0 Å². The van der Waals surface area contributed by atoms with Crippen LogP contribution in [0.3, 0.4) is 0 Å². The number of amides is 1. The van der Waals surface area contributed by atoms with E-state index in [-0.39, 0.29) is 16.8 Å². The second-order valence-electron chi connectivity index (χ2n) is 16.5. The predicted molar refractivity (Wildman–Crippen MR) is 218 cm³/mol. The van der Waals surface area contributed by atoms with Crippen molar-refractivity contribution in [1.29, 1.82) is 0 Å². The van der Waals surface area contributed by atoms with Crippen molar-refractivity contribution in [3.63, 3.8) is 0 Å². The van der Waals surface area contributed by atoms with Crippen molar-refractivity contribution < 1.29 is 14.3 Å². The summed E-state index contributed by atoms with van der Waals surface area (Å²) < 4.78 is 12.2. The summed E-state index contributed by atoms with van der Waals surface area (Å²) in [7, 11) is 19.2. The van der Waals surface area contributed by atoms with Crippen molar-refractivity contribution in [1.82, 2.24) is 19.8 Å². The molecule has 3 aliphatic heterocycles. The molecular weight excluding hydrogens is 595 g/mol. The molecule has 5 rings (SSSR count). The minimum atomic E-state index is -0.625. The van der Waals surface area contributed by atoms with Crippen molar-refractivity contribution in [2.24, 2.45) is 5.73 Å². The summed E-state index contributed by atoms with van der Waals surface area (Å²) in [5.74, 6) is 1.16. The Labute approximate surface area is 294 Å². The van der Waals surface area contributed by atoms with Crippen LogP contribution in [0.2, 0.25) is 5.11 Å². The van der Waals surface area contributed by atoms with E-state index in [2.05, 4.69) is 101 Å². The van der Waals surface area contributed by atoms with E-state index < -0.39 is 16.4 Å². The van der Waals surface area contributed by atoms with E-state index >= 15 is 0 Å². The lowest BCUT2D eigenvalue weighted by atomic mass is 9.22. The SMILES string of the molecule is BC(B)(B)Oc1cc(Nc2nc(NC3CCOCC3)c(C(B)(B)C(B)(B)B)nc2C(N)=O)ccc1N1CCC(N2CCN(C)CC2)CC1. The quantitative estimate of drug-likeness (QED) is 0.204. The Balaban J connectivity index is 1.45. The summed E-state index contributed by atoms with van der Waals surface area (Å²) in [6.45, 7) is 7.94.